The van der Waals surface area contributed by atoms with Crippen molar-refractivity contribution in [3.63, 3.8) is 0 Å². The van der Waals surface area contributed by atoms with Crippen LogP contribution in [0.15, 0.2) is 72.9 Å². The number of aromatic nitrogens is 1. The van der Waals surface area contributed by atoms with E-state index < -0.39 is 0 Å². The Kier molecular flexibility index (Phi) is 3.87. The van der Waals surface area contributed by atoms with Gasteiger partial charge in [-0.1, -0.05) is 30.0 Å². The standard InChI is InChI=1S/C25H14N4/c26-15-17-10-11-25-22(13-17)21-7-1-2-9-24(21)29(25)19-6-3-5-18(14-19)20-8-4-12-28-23(20)16-27/h2-6,8-14,21,24H. The predicted octanol–water partition coefficient (Wildman–Crippen LogP) is 4.67. The minimum absolute atomic E-state index is 0.0278. The van der Waals surface area contributed by atoms with Crippen LogP contribution in [0, 0.1) is 34.5 Å². The molecule has 0 N–H and O–H groups in total. The Bertz CT molecular complexity index is 1310. The number of hydrogen-bond acceptors (Lipinski definition) is 4. The van der Waals surface area contributed by atoms with Crippen molar-refractivity contribution >= 4 is 11.4 Å². The Morgan fingerprint density at radius 2 is 1.93 bits per heavy atom. The van der Waals surface area contributed by atoms with Gasteiger partial charge in [0.25, 0.3) is 0 Å². The second kappa shape index (κ2) is 6.68. The van der Waals surface area contributed by atoms with E-state index in [1.807, 2.05) is 48.5 Å². The third-order valence-corrected chi connectivity index (χ3v) is 5.36. The molecule has 0 saturated carbocycles. The number of rotatable bonds is 2. The van der Waals surface area contributed by atoms with Gasteiger partial charge in [-0.25, -0.2) is 4.98 Å². The molecule has 1 aliphatic heterocycles. The molecule has 3 aromatic rings. The van der Waals surface area contributed by atoms with Gasteiger partial charge in [-0.05, 0) is 59.7 Å². The number of benzene rings is 2. The maximum atomic E-state index is 9.42. The Morgan fingerprint density at radius 1 is 1.00 bits per heavy atom. The Hall–Kier alpha value is -4.33. The SMILES string of the molecule is N#Cc1ccc2c(c1)C1C#CC=CC1N2c1cccc(-c2cccnc2C#N)c1. The van der Waals surface area contributed by atoms with E-state index >= 15 is 0 Å². The van der Waals surface area contributed by atoms with Gasteiger partial charge in [0.15, 0.2) is 0 Å². The summed E-state index contributed by atoms with van der Waals surface area (Å²) in [5.74, 6) is 6.41. The largest absolute Gasteiger partial charge is 0.333 e. The summed E-state index contributed by atoms with van der Waals surface area (Å²) in [5, 5.41) is 18.7. The van der Waals surface area contributed by atoms with Crippen LogP contribution in [0.4, 0.5) is 11.4 Å². The minimum Gasteiger partial charge on any atom is -0.333 e. The quantitative estimate of drug-likeness (QED) is 0.615. The van der Waals surface area contributed by atoms with Crippen LogP contribution in [0.3, 0.4) is 0 Å². The lowest BCUT2D eigenvalue weighted by atomic mass is 9.92. The lowest BCUT2D eigenvalue weighted by Crippen LogP contribution is -2.28. The molecule has 134 valence electrons. The van der Waals surface area contributed by atoms with E-state index in [0.717, 1.165) is 28.1 Å². The van der Waals surface area contributed by atoms with Gasteiger partial charge in [0.05, 0.1) is 23.6 Å². The summed E-state index contributed by atoms with van der Waals surface area (Å²) in [6.07, 6.45) is 5.64. The van der Waals surface area contributed by atoms with Crippen molar-refractivity contribution in [2.24, 2.45) is 0 Å². The molecule has 4 heteroatoms. The second-order valence-corrected chi connectivity index (χ2v) is 6.93. The third-order valence-electron chi connectivity index (χ3n) is 5.36. The van der Waals surface area contributed by atoms with Crippen LogP contribution in [0.2, 0.25) is 0 Å². The molecule has 0 radical (unpaired) electrons. The van der Waals surface area contributed by atoms with Crippen LogP contribution < -0.4 is 4.90 Å². The molecule has 1 aliphatic carbocycles. The number of nitriles is 2. The summed E-state index contributed by atoms with van der Waals surface area (Å²) in [4.78, 5) is 6.45. The zero-order valence-electron chi connectivity index (χ0n) is 15.4. The molecular weight excluding hydrogens is 356 g/mol. The molecule has 0 spiro atoms. The van der Waals surface area contributed by atoms with Crippen LogP contribution in [0.5, 0.6) is 0 Å². The molecule has 0 saturated heterocycles. The highest BCUT2D eigenvalue weighted by atomic mass is 15.2. The van der Waals surface area contributed by atoms with Crippen molar-refractivity contribution < 1.29 is 0 Å². The summed E-state index contributed by atoms with van der Waals surface area (Å²) in [7, 11) is 0. The molecule has 4 nitrogen and oxygen atoms in total. The normalized spacial score (nSPS) is 18.1. The first kappa shape index (κ1) is 16.8. The minimum atomic E-state index is 0.0278. The van der Waals surface area contributed by atoms with Crippen LogP contribution in [0.25, 0.3) is 11.1 Å². The summed E-state index contributed by atoms with van der Waals surface area (Å²) in [6.45, 7) is 0. The predicted molar refractivity (Wildman–Crippen MR) is 111 cm³/mol. The highest BCUT2D eigenvalue weighted by Crippen LogP contribution is 2.47. The molecule has 5 rings (SSSR count). The van der Waals surface area contributed by atoms with Crippen molar-refractivity contribution in [2.75, 3.05) is 4.90 Å². The van der Waals surface area contributed by atoms with Crippen LogP contribution in [0.1, 0.15) is 22.7 Å². The molecule has 1 aromatic heterocycles. The highest BCUT2D eigenvalue weighted by molar-refractivity contribution is 5.80. The molecular formula is C25H14N4. The molecule has 2 unspecified atom stereocenters. The topological polar surface area (TPSA) is 63.7 Å². The maximum Gasteiger partial charge on any atom is 0.148 e. The summed E-state index contributed by atoms with van der Waals surface area (Å²) in [5.41, 5.74) is 5.96. The van der Waals surface area contributed by atoms with E-state index in [1.54, 1.807) is 6.20 Å². The number of nitrogens with zero attached hydrogens (tertiary/aromatic N) is 4. The molecule has 2 aromatic carbocycles. The van der Waals surface area contributed by atoms with E-state index in [0.29, 0.717) is 11.3 Å². The van der Waals surface area contributed by atoms with Crippen molar-refractivity contribution in [1.29, 1.82) is 10.5 Å². The van der Waals surface area contributed by atoms with Crippen molar-refractivity contribution in [3.8, 4) is 35.1 Å². The molecule has 0 amide bonds. The van der Waals surface area contributed by atoms with Gasteiger partial charge < -0.3 is 4.90 Å². The Labute approximate surface area is 169 Å². The van der Waals surface area contributed by atoms with Gasteiger partial charge in [-0.2, -0.15) is 10.5 Å². The highest BCUT2D eigenvalue weighted by Gasteiger charge is 2.38. The fourth-order valence-corrected chi connectivity index (χ4v) is 4.09. The summed E-state index contributed by atoms with van der Waals surface area (Å²) < 4.78 is 0. The van der Waals surface area contributed by atoms with Gasteiger partial charge in [0.1, 0.15) is 11.8 Å². The van der Waals surface area contributed by atoms with E-state index in [9.17, 15) is 10.5 Å². The summed E-state index contributed by atoms with van der Waals surface area (Å²) >= 11 is 0. The van der Waals surface area contributed by atoms with Gasteiger partial charge in [-0.15, -0.1) is 0 Å². The van der Waals surface area contributed by atoms with E-state index in [4.69, 9.17) is 0 Å². The molecule has 0 bridgehead atoms. The fraction of sp³-hybridized carbons (Fsp3) is 0.0800. The van der Waals surface area contributed by atoms with Crippen LogP contribution in [-0.4, -0.2) is 11.0 Å². The molecule has 29 heavy (non-hydrogen) atoms. The first-order valence-corrected chi connectivity index (χ1v) is 9.27. The third kappa shape index (κ3) is 2.66. The zero-order valence-corrected chi connectivity index (χ0v) is 15.4. The van der Waals surface area contributed by atoms with Gasteiger partial charge in [-0.3, -0.25) is 0 Å². The molecule has 0 fully saturated rings. The van der Waals surface area contributed by atoms with Gasteiger partial charge in [0.2, 0.25) is 0 Å². The lowest BCUT2D eigenvalue weighted by Gasteiger charge is -2.28. The first-order chi connectivity index (χ1) is 14.3. The van der Waals surface area contributed by atoms with Crippen molar-refractivity contribution in [1.82, 2.24) is 4.98 Å². The Morgan fingerprint density at radius 3 is 2.79 bits per heavy atom. The lowest BCUT2D eigenvalue weighted by molar-refractivity contribution is 0.766. The second-order valence-electron chi connectivity index (χ2n) is 6.93. The van der Waals surface area contributed by atoms with Gasteiger partial charge >= 0.3 is 0 Å². The van der Waals surface area contributed by atoms with E-state index in [-0.39, 0.29) is 12.0 Å². The number of hydrogen-bond donors (Lipinski definition) is 0. The average molecular weight is 370 g/mol. The summed E-state index contributed by atoms with van der Waals surface area (Å²) in [6, 6.07) is 22.1. The van der Waals surface area contributed by atoms with Crippen molar-refractivity contribution in [2.45, 2.75) is 12.0 Å². The number of anilines is 2. The molecule has 2 atom stereocenters. The van der Waals surface area contributed by atoms with Crippen molar-refractivity contribution in [3.05, 3.63) is 89.8 Å². The molecule has 2 heterocycles. The Balaban J connectivity index is 1.66. The molecule has 2 aliphatic rings. The fourth-order valence-electron chi connectivity index (χ4n) is 4.09. The number of pyridine rings is 1. The zero-order chi connectivity index (χ0) is 19.8. The number of allylic oxidation sites excluding steroid dienone is 1. The number of fused-ring (bicyclic) bond motifs is 3. The van der Waals surface area contributed by atoms with E-state index in [2.05, 4.69) is 52.1 Å². The van der Waals surface area contributed by atoms with Gasteiger partial charge in [0, 0.05) is 23.1 Å². The van der Waals surface area contributed by atoms with E-state index in [1.165, 1.54) is 0 Å². The van der Waals surface area contributed by atoms with Crippen LogP contribution in [-0.2, 0) is 0 Å². The first-order valence-electron chi connectivity index (χ1n) is 9.27. The smallest absolute Gasteiger partial charge is 0.148 e. The maximum absolute atomic E-state index is 9.42. The monoisotopic (exact) mass is 370 g/mol. The average Bonchev–Trinajstić information content (AvgIpc) is 3.12. The van der Waals surface area contributed by atoms with Crippen LogP contribution >= 0.6 is 0 Å².